The number of pyridine rings is 1. The molecule has 0 aliphatic heterocycles. The predicted molar refractivity (Wildman–Crippen MR) is 82.6 cm³/mol. The predicted octanol–water partition coefficient (Wildman–Crippen LogP) is 1.74. The van der Waals surface area contributed by atoms with Gasteiger partial charge in [-0.05, 0) is 24.0 Å². The molecule has 0 unspecified atom stereocenters. The number of aromatic amines is 1. The molecule has 0 atom stereocenters. The Kier molecular flexibility index (Phi) is 4.22. The minimum absolute atomic E-state index is 0.197. The standard InChI is InChI=1S/C14H12N2O5S/c1-22-7-4-2-3-6(5-7)8-9(13(18)19)11(15)16-12(17)10(8)14(20)21/h2-5H,1H3,(H,18,19)(H,20,21)(H3,15,16,17). The van der Waals surface area contributed by atoms with Gasteiger partial charge in [0.05, 0.1) is 0 Å². The monoisotopic (exact) mass is 320 g/mol. The number of nitrogen functional groups attached to an aromatic ring is 1. The first-order chi connectivity index (χ1) is 10.4. The van der Waals surface area contributed by atoms with Gasteiger partial charge in [0.1, 0.15) is 16.9 Å². The van der Waals surface area contributed by atoms with Crippen molar-refractivity contribution in [1.82, 2.24) is 4.98 Å². The summed E-state index contributed by atoms with van der Waals surface area (Å²) in [5.41, 5.74) is 3.65. The van der Waals surface area contributed by atoms with Crippen molar-refractivity contribution in [2.75, 3.05) is 12.0 Å². The van der Waals surface area contributed by atoms with Gasteiger partial charge in [0, 0.05) is 10.5 Å². The first kappa shape index (κ1) is 15.6. The zero-order valence-corrected chi connectivity index (χ0v) is 12.2. The molecule has 0 radical (unpaired) electrons. The maximum atomic E-state index is 11.9. The lowest BCUT2D eigenvalue weighted by molar-refractivity contribution is 0.0695. The number of hydrogen-bond acceptors (Lipinski definition) is 5. The summed E-state index contributed by atoms with van der Waals surface area (Å²) in [6.45, 7) is 0. The molecule has 114 valence electrons. The van der Waals surface area contributed by atoms with Gasteiger partial charge in [0.25, 0.3) is 5.56 Å². The van der Waals surface area contributed by atoms with E-state index in [-0.39, 0.29) is 11.4 Å². The van der Waals surface area contributed by atoms with Crippen molar-refractivity contribution >= 4 is 29.5 Å². The Balaban J connectivity index is 2.95. The fraction of sp³-hybridized carbons (Fsp3) is 0.0714. The van der Waals surface area contributed by atoms with Gasteiger partial charge in [0.15, 0.2) is 0 Å². The summed E-state index contributed by atoms with van der Waals surface area (Å²) in [5.74, 6) is -3.32. The number of nitrogens with two attached hydrogens (primary N) is 1. The van der Waals surface area contributed by atoms with E-state index in [0.717, 1.165) is 4.90 Å². The fourth-order valence-electron chi connectivity index (χ4n) is 2.11. The fourth-order valence-corrected chi connectivity index (χ4v) is 2.57. The van der Waals surface area contributed by atoms with Crippen LogP contribution in [0.4, 0.5) is 5.82 Å². The van der Waals surface area contributed by atoms with Crippen LogP contribution in [0, 0.1) is 0 Å². The average molecular weight is 320 g/mol. The van der Waals surface area contributed by atoms with Gasteiger partial charge in [0.2, 0.25) is 0 Å². The number of anilines is 1. The quantitative estimate of drug-likeness (QED) is 0.630. The van der Waals surface area contributed by atoms with E-state index in [1.54, 1.807) is 18.2 Å². The van der Waals surface area contributed by atoms with Crippen LogP contribution in [0.3, 0.4) is 0 Å². The Morgan fingerprint density at radius 3 is 2.36 bits per heavy atom. The Morgan fingerprint density at radius 2 is 1.82 bits per heavy atom. The number of rotatable bonds is 4. The number of carboxylic acid groups (broad SMARTS) is 2. The molecule has 22 heavy (non-hydrogen) atoms. The minimum Gasteiger partial charge on any atom is -0.478 e. The molecule has 0 spiro atoms. The second kappa shape index (κ2) is 5.94. The van der Waals surface area contributed by atoms with Crippen LogP contribution in [0.15, 0.2) is 34.0 Å². The number of hydrogen-bond donors (Lipinski definition) is 4. The van der Waals surface area contributed by atoms with Gasteiger partial charge in [-0.3, -0.25) is 4.79 Å². The van der Waals surface area contributed by atoms with Crippen molar-refractivity contribution in [2.24, 2.45) is 0 Å². The van der Waals surface area contributed by atoms with Crippen molar-refractivity contribution in [1.29, 1.82) is 0 Å². The summed E-state index contributed by atoms with van der Waals surface area (Å²) in [4.78, 5) is 37.6. The summed E-state index contributed by atoms with van der Waals surface area (Å²) in [7, 11) is 0. The van der Waals surface area contributed by atoms with Crippen LogP contribution >= 0.6 is 11.8 Å². The number of carboxylic acids is 2. The maximum absolute atomic E-state index is 11.9. The third kappa shape index (κ3) is 2.68. The Hall–Kier alpha value is -2.74. The number of aromatic carboxylic acids is 2. The van der Waals surface area contributed by atoms with Gasteiger partial charge in [-0.1, -0.05) is 12.1 Å². The maximum Gasteiger partial charge on any atom is 0.342 e. The number of nitrogens with one attached hydrogen (secondary N) is 1. The van der Waals surface area contributed by atoms with E-state index in [1.165, 1.54) is 17.8 Å². The van der Waals surface area contributed by atoms with Gasteiger partial charge < -0.3 is 20.9 Å². The van der Waals surface area contributed by atoms with Crippen LogP contribution in [0.2, 0.25) is 0 Å². The van der Waals surface area contributed by atoms with Crippen molar-refractivity contribution < 1.29 is 19.8 Å². The van der Waals surface area contributed by atoms with Crippen molar-refractivity contribution in [3.63, 3.8) is 0 Å². The molecule has 7 nitrogen and oxygen atoms in total. The Labute approximate surface area is 128 Å². The molecule has 0 bridgehead atoms. The SMILES string of the molecule is CSc1cccc(-c2c(C(=O)O)c(N)[nH]c(=O)c2C(=O)O)c1. The summed E-state index contributed by atoms with van der Waals surface area (Å²) in [6.07, 6.45) is 1.82. The van der Waals surface area contributed by atoms with E-state index >= 15 is 0 Å². The van der Waals surface area contributed by atoms with Crippen LogP contribution in [0.5, 0.6) is 0 Å². The zero-order chi connectivity index (χ0) is 16.4. The summed E-state index contributed by atoms with van der Waals surface area (Å²) < 4.78 is 0. The Morgan fingerprint density at radius 1 is 1.18 bits per heavy atom. The Bertz CT molecular complexity index is 828. The third-order valence-corrected chi connectivity index (χ3v) is 3.76. The minimum atomic E-state index is -1.52. The first-order valence-electron chi connectivity index (χ1n) is 6.03. The van der Waals surface area contributed by atoms with Crippen molar-refractivity contribution in [3.8, 4) is 11.1 Å². The van der Waals surface area contributed by atoms with E-state index in [2.05, 4.69) is 4.98 Å². The molecule has 0 aliphatic carbocycles. The van der Waals surface area contributed by atoms with E-state index in [1.807, 2.05) is 6.26 Å². The van der Waals surface area contributed by atoms with Crippen LogP contribution in [-0.4, -0.2) is 33.4 Å². The molecule has 0 aliphatic rings. The topological polar surface area (TPSA) is 133 Å². The second-order valence-electron chi connectivity index (χ2n) is 4.34. The van der Waals surface area contributed by atoms with Crippen LogP contribution < -0.4 is 11.3 Å². The summed E-state index contributed by atoms with van der Waals surface area (Å²) in [5, 5.41) is 18.6. The van der Waals surface area contributed by atoms with Crippen LogP contribution in [0.1, 0.15) is 20.7 Å². The zero-order valence-electron chi connectivity index (χ0n) is 11.4. The molecule has 2 aromatic rings. The van der Waals surface area contributed by atoms with E-state index in [0.29, 0.717) is 5.56 Å². The average Bonchev–Trinajstić information content (AvgIpc) is 2.45. The molecule has 1 aromatic carbocycles. The van der Waals surface area contributed by atoms with E-state index in [4.69, 9.17) is 5.73 Å². The molecule has 0 fully saturated rings. The number of carbonyl (C=O) groups is 2. The van der Waals surface area contributed by atoms with E-state index < -0.39 is 28.6 Å². The molecule has 0 saturated heterocycles. The molecule has 8 heteroatoms. The van der Waals surface area contributed by atoms with Gasteiger partial charge in [-0.15, -0.1) is 11.8 Å². The highest BCUT2D eigenvalue weighted by Crippen LogP contribution is 2.31. The smallest absolute Gasteiger partial charge is 0.342 e. The number of aromatic nitrogens is 1. The lowest BCUT2D eigenvalue weighted by Crippen LogP contribution is -2.24. The lowest BCUT2D eigenvalue weighted by atomic mass is 9.95. The van der Waals surface area contributed by atoms with Gasteiger partial charge in [-0.2, -0.15) is 0 Å². The molecule has 0 saturated carbocycles. The molecular weight excluding hydrogens is 308 g/mol. The normalized spacial score (nSPS) is 10.4. The van der Waals surface area contributed by atoms with Crippen molar-refractivity contribution in [3.05, 3.63) is 45.7 Å². The highest BCUT2D eigenvalue weighted by molar-refractivity contribution is 7.98. The molecule has 2 rings (SSSR count). The third-order valence-electron chi connectivity index (χ3n) is 3.03. The second-order valence-corrected chi connectivity index (χ2v) is 5.21. The highest BCUT2D eigenvalue weighted by atomic mass is 32.2. The van der Waals surface area contributed by atoms with Gasteiger partial charge >= 0.3 is 11.9 Å². The summed E-state index contributed by atoms with van der Waals surface area (Å²) >= 11 is 1.40. The summed E-state index contributed by atoms with van der Waals surface area (Å²) in [6, 6.07) is 6.58. The number of benzene rings is 1. The molecule has 1 heterocycles. The largest absolute Gasteiger partial charge is 0.478 e. The molecule has 5 N–H and O–H groups in total. The lowest BCUT2D eigenvalue weighted by Gasteiger charge is -2.12. The van der Waals surface area contributed by atoms with E-state index in [9.17, 15) is 24.6 Å². The highest BCUT2D eigenvalue weighted by Gasteiger charge is 2.26. The van der Waals surface area contributed by atoms with Crippen LogP contribution in [0.25, 0.3) is 11.1 Å². The molecule has 1 aromatic heterocycles. The number of H-pyrrole nitrogens is 1. The van der Waals surface area contributed by atoms with Crippen LogP contribution in [-0.2, 0) is 0 Å². The number of thioether (sulfide) groups is 1. The molecule has 0 amide bonds. The first-order valence-corrected chi connectivity index (χ1v) is 7.26. The molecular formula is C14H12N2O5S. The van der Waals surface area contributed by atoms with Gasteiger partial charge in [-0.25, -0.2) is 9.59 Å². The van der Waals surface area contributed by atoms with Crippen molar-refractivity contribution in [2.45, 2.75) is 4.90 Å².